The molecule has 1 saturated carbocycles. The maximum atomic E-state index is 9.85. The van der Waals surface area contributed by atoms with Gasteiger partial charge < -0.3 is 35.0 Å². The Morgan fingerprint density at radius 2 is 0.772 bits per heavy atom. The second-order valence-corrected chi connectivity index (χ2v) is 28.0. The molecule has 18 aromatic rings. The molecule has 0 saturated heterocycles. The van der Waals surface area contributed by atoms with E-state index in [4.69, 9.17) is 31.6 Å². The number of aromatic nitrogens is 18. The number of nitrogens with one attached hydrogen (secondary N) is 6. The molecule has 7 N–H and O–H groups in total. The van der Waals surface area contributed by atoms with Gasteiger partial charge >= 0.3 is 0 Å². The van der Waals surface area contributed by atoms with Crippen molar-refractivity contribution >= 4 is 65.4 Å². The largest absolute Gasteiger partial charge is 0.389 e. The number of nitrogens with zero attached hydrogens (tertiary/aromatic N) is 18. The van der Waals surface area contributed by atoms with E-state index in [0.29, 0.717) is 46.0 Å². The molecular weight excluding hydrogens is 1420 g/mol. The summed E-state index contributed by atoms with van der Waals surface area (Å²) in [6.45, 7) is 19.6. The molecule has 6 aromatic carbocycles. The molecule has 1 aliphatic rings. The molecule has 25 heteroatoms. The van der Waals surface area contributed by atoms with E-state index in [0.717, 1.165) is 170 Å². The minimum absolute atomic E-state index is 0.429. The number of fused-ring (bicyclic) bond motifs is 6. The number of nitriles is 6. The van der Waals surface area contributed by atoms with Crippen molar-refractivity contribution in [2.24, 2.45) is 0 Å². The van der Waals surface area contributed by atoms with Crippen LogP contribution in [-0.4, -0.2) is 99.3 Å². The number of aliphatic hydroxyl groups is 1. The lowest BCUT2D eigenvalue weighted by molar-refractivity contribution is 0.0578. The summed E-state index contributed by atoms with van der Waals surface area (Å²) >= 11 is 0. The first kappa shape index (κ1) is 75.5. The summed E-state index contributed by atoms with van der Waals surface area (Å²) in [5, 5.41) is 97.7. The Labute approximate surface area is 656 Å². The predicted molar refractivity (Wildman–Crippen MR) is 442 cm³/mol. The van der Waals surface area contributed by atoms with Gasteiger partial charge in [0.25, 0.3) is 0 Å². The normalized spacial score (nSPS) is 11.6. The highest BCUT2D eigenvalue weighted by Crippen LogP contribution is 2.38. The Morgan fingerprint density at radius 1 is 0.404 bits per heavy atom. The van der Waals surface area contributed by atoms with E-state index < -0.39 is 5.60 Å². The van der Waals surface area contributed by atoms with Gasteiger partial charge in [0.05, 0.1) is 125 Å². The molecule has 0 aliphatic heterocycles. The van der Waals surface area contributed by atoms with E-state index in [1.165, 1.54) is 12.8 Å². The molecule has 0 bridgehead atoms. The second kappa shape index (κ2) is 32.9. The third-order valence-electron chi connectivity index (χ3n) is 19.8. The summed E-state index contributed by atoms with van der Waals surface area (Å²) in [5.41, 5.74) is 22.6. The summed E-state index contributed by atoms with van der Waals surface area (Å²) in [7, 11) is 0. The van der Waals surface area contributed by atoms with Crippen molar-refractivity contribution in [3.63, 3.8) is 0 Å². The number of aryl methyl sites for hydroxylation is 6. The maximum Gasteiger partial charge on any atom is 0.101 e. The Kier molecular flexibility index (Phi) is 21.8. The van der Waals surface area contributed by atoms with Crippen LogP contribution in [0.3, 0.4) is 0 Å². The monoisotopic (exact) mass is 1500 g/mol. The van der Waals surface area contributed by atoms with Gasteiger partial charge in [-0.15, -0.1) is 0 Å². The summed E-state index contributed by atoms with van der Waals surface area (Å²) in [6, 6.07) is 58.2. The van der Waals surface area contributed by atoms with Crippen molar-refractivity contribution in [2.45, 2.75) is 113 Å². The molecule has 1 aliphatic carbocycles. The van der Waals surface area contributed by atoms with Gasteiger partial charge in [-0.2, -0.15) is 62.2 Å². The smallest absolute Gasteiger partial charge is 0.101 e. The van der Waals surface area contributed by atoms with Crippen molar-refractivity contribution in [1.29, 1.82) is 31.6 Å². The molecule has 114 heavy (non-hydrogen) atoms. The number of H-pyrrole nitrogens is 6. The molecule has 25 nitrogen and oxygen atoms in total. The van der Waals surface area contributed by atoms with Crippen LogP contribution in [0.25, 0.3) is 133 Å². The third kappa shape index (κ3) is 15.6. The van der Waals surface area contributed by atoms with Gasteiger partial charge in [-0.25, -0.2) is 0 Å². The number of para-hydroxylation sites is 6. The van der Waals surface area contributed by atoms with Crippen LogP contribution in [0.5, 0.6) is 0 Å². The van der Waals surface area contributed by atoms with Crippen LogP contribution in [0, 0.1) is 81.8 Å². The first-order valence-electron chi connectivity index (χ1n) is 37.5. The molecule has 19 rings (SSSR count). The Balaban J connectivity index is 0.000000113. The first-order chi connectivity index (χ1) is 55.5. The van der Waals surface area contributed by atoms with Crippen LogP contribution < -0.4 is 0 Å². The van der Waals surface area contributed by atoms with Crippen LogP contribution in [-0.2, 0) is 32.7 Å². The Hall–Kier alpha value is -15.3. The van der Waals surface area contributed by atoms with E-state index in [2.05, 4.69) is 144 Å². The topological polar surface area (TPSA) is 365 Å². The van der Waals surface area contributed by atoms with E-state index in [9.17, 15) is 5.11 Å². The highest BCUT2D eigenvalue weighted by molar-refractivity contribution is 6.02. The third-order valence-corrected chi connectivity index (χ3v) is 19.8. The van der Waals surface area contributed by atoms with Crippen molar-refractivity contribution in [2.75, 3.05) is 0 Å². The number of rotatable bonds is 13. The number of hydrogen-bond acceptors (Lipinski definition) is 13. The van der Waals surface area contributed by atoms with Gasteiger partial charge in [-0.05, 0) is 135 Å². The summed E-state index contributed by atoms with van der Waals surface area (Å²) in [4.78, 5) is 19.1. The molecule has 0 spiro atoms. The molecule has 0 amide bonds. The minimum atomic E-state index is -0.808. The standard InChI is InChI=1S/C16H16N4O.C15H12N4.2C15H14N4.2C14H12N4/c1-16(2,21)10-20-7-6-14(19-20)13-9-18-15-11(8-17)4-3-5-12(13)15;16-8-10-2-1-3-12-13(9-17-15(10)12)14-6-7-19(18-14)11-4-5-11;1-3-19-10(2)7-14(18-19)13-9-17-15-11(8-16)5-4-6-12(13)15;1-3-19-14(7-10(2)18-19)13-9-17-15-11(8-16)5-4-6-12(13)15;1-2-18-9-11(7-17-18)13-8-16-14-10(6-15)4-3-5-12(13)14;1-2-18-7-6-13(17-18)12-9-16-14-10(8-15)4-3-5-11(12)14/h3-7,9,18,21H,10H2,1-2H3;1-3,6-7,9,11,17H,4-5H2;2*4-7,9,17H,3H2,1-2H3;3-5,7-9,16H,2H2,1H3;3-7,9,16H,2H2,1H3. The average molecular weight is 1500 g/mol. The number of aromatic amines is 6. The van der Waals surface area contributed by atoms with Crippen molar-refractivity contribution in [3.05, 3.63) is 252 Å². The summed E-state index contributed by atoms with van der Waals surface area (Å²) < 4.78 is 11.5. The Morgan fingerprint density at radius 3 is 1.15 bits per heavy atom. The zero-order valence-electron chi connectivity index (χ0n) is 64.2. The zero-order chi connectivity index (χ0) is 79.7. The average Bonchev–Trinajstić information content (AvgIpc) is 1.65. The van der Waals surface area contributed by atoms with Crippen molar-refractivity contribution < 1.29 is 5.11 Å². The summed E-state index contributed by atoms with van der Waals surface area (Å²) in [6.07, 6.45) is 23.7. The number of hydrogen-bond donors (Lipinski definition) is 7. The molecule has 0 unspecified atom stereocenters. The van der Waals surface area contributed by atoms with Crippen LogP contribution in [0.4, 0.5) is 0 Å². The van der Waals surface area contributed by atoms with Crippen LogP contribution >= 0.6 is 0 Å². The van der Waals surface area contributed by atoms with Crippen LogP contribution in [0.15, 0.2) is 208 Å². The highest BCUT2D eigenvalue weighted by atomic mass is 16.3. The molecule has 12 aromatic heterocycles. The maximum absolute atomic E-state index is 9.85. The predicted octanol–water partition coefficient (Wildman–Crippen LogP) is 18.2. The molecule has 0 radical (unpaired) electrons. The van der Waals surface area contributed by atoms with Gasteiger partial charge in [0.15, 0.2) is 0 Å². The Bertz CT molecular complexity index is 6660. The molecule has 0 atom stereocenters. The van der Waals surface area contributed by atoms with E-state index in [1.807, 2.05) is 220 Å². The van der Waals surface area contributed by atoms with Gasteiger partial charge in [-0.3, -0.25) is 28.1 Å². The lowest BCUT2D eigenvalue weighted by atomic mass is 10.1. The second-order valence-electron chi connectivity index (χ2n) is 28.0. The minimum Gasteiger partial charge on any atom is -0.389 e. The highest BCUT2D eigenvalue weighted by Gasteiger charge is 2.25. The lowest BCUT2D eigenvalue weighted by Crippen LogP contribution is -2.26. The fraction of sp³-hybridized carbons (Fsp3) is 0.191. The zero-order valence-corrected chi connectivity index (χ0v) is 64.2. The van der Waals surface area contributed by atoms with E-state index >= 15 is 0 Å². The lowest BCUT2D eigenvalue weighted by Gasteiger charge is -2.16. The molecular formula is C89H80N24O. The molecule has 12 heterocycles. The van der Waals surface area contributed by atoms with Gasteiger partial charge in [0.2, 0.25) is 0 Å². The SMILES string of the molecule is CC(C)(O)Cn1ccc(-c2c[nH]c3c(C#N)cccc23)n1.CCn1cc(-c2c[nH]c3c(C#N)cccc23)cn1.CCn1ccc(-c2c[nH]c3c(C#N)cccc23)n1.CCn1nc(-c2c[nH]c3c(C#N)cccc23)cc1C.CCn1nc(C)cc1-c1c[nH]c2c(C#N)cccc12.N#Cc1cccc2c(-c3ccn(C4CC4)n3)c[nH]c12. The van der Waals surface area contributed by atoms with Gasteiger partial charge in [0.1, 0.15) is 36.4 Å². The number of benzene rings is 6. The van der Waals surface area contributed by atoms with Gasteiger partial charge in [-0.1, -0.05) is 72.8 Å². The fourth-order valence-corrected chi connectivity index (χ4v) is 14.1. The molecule has 1 fully saturated rings. The van der Waals surface area contributed by atoms with Crippen LogP contribution in [0.1, 0.15) is 105 Å². The van der Waals surface area contributed by atoms with E-state index in [1.54, 1.807) is 24.6 Å². The van der Waals surface area contributed by atoms with Crippen molar-refractivity contribution in [3.8, 4) is 104 Å². The van der Waals surface area contributed by atoms with Crippen LogP contribution in [0.2, 0.25) is 0 Å². The summed E-state index contributed by atoms with van der Waals surface area (Å²) in [5.74, 6) is 0. The molecule has 562 valence electrons. The van der Waals surface area contributed by atoms with E-state index in [-0.39, 0.29) is 0 Å². The van der Waals surface area contributed by atoms with Gasteiger partial charge in [0, 0.05) is 165 Å². The fourth-order valence-electron chi connectivity index (χ4n) is 14.1. The van der Waals surface area contributed by atoms with Crippen molar-refractivity contribution in [1.82, 2.24) is 88.6 Å². The first-order valence-corrected chi connectivity index (χ1v) is 37.5. The quantitative estimate of drug-likeness (QED) is 0.0565.